The standard InChI is InChI=1S/C2H5NO2.2HI/c3-1-2(4)5;;/h1,3H2,(H,4,5);2*1H. The first-order chi connectivity index (χ1) is 2.27. The molecule has 3 N–H and O–H groups in total. The number of carbonyl (C=O) groups is 1. The van der Waals surface area contributed by atoms with Gasteiger partial charge >= 0.3 is 5.97 Å². The van der Waals surface area contributed by atoms with E-state index < -0.39 is 5.97 Å². The molecule has 0 bridgehead atoms. The van der Waals surface area contributed by atoms with E-state index in [2.05, 4.69) is 5.73 Å². The summed E-state index contributed by atoms with van der Waals surface area (Å²) in [6, 6.07) is 0. The van der Waals surface area contributed by atoms with Crippen LogP contribution < -0.4 is 5.73 Å². The van der Waals surface area contributed by atoms with Crippen molar-refractivity contribution in [3.63, 3.8) is 0 Å². The molecule has 0 fully saturated rings. The summed E-state index contributed by atoms with van der Waals surface area (Å²) in [5, 5.41) is 7.60. The lowest BCUT2D eigenvalue weighted by atomic mass is 10.7. The number of halogens is 2. The number of rotatable bonds is 1. The van der Waals surface area contributed by atoms with Crippen LogP contribution in [0.2, 0.25) is 0 Å². The molecule has 0 saturated carbocycles. The van der Waals surface area contributed by atoms with Gasteiger partial charge in [0, 0.05) is 0 Å². The second-order valence-corrected chi connectivity index (χ2v) is 0.598. The van der Waals surface area contributed by atoms with Crippen LogP contribution in [0.4, 0.5) is 0 Å². The highest BCUT2D eigenvalue weighted by atomic mass is 127. The summed E-state index contributed by atoms with van der Waals surface area (Å²) in [6.45, 7) is -0.278. The van der Waals surface area contributed by atoms with Crippen LogP contribution in [0.15, 0.2) is 0 Å². The van der Waals surface area contributed by atoms with E-state index in [1.54, 1.807) is 0 Å². The van der Waals surface area contributed by atoms with Crippen LogP contribution >= 0.6 is 48.0 Å². The van der Waals surface area contributed by atoms with Crippen molar-refractivity contribution < 1.29 is 9.90 Å². The first-order valence-corrected chi connectivity index (χ1v) is 1.19. The number of carboxylic acid groups (broad SMARTS) is 1. The van der Waals surface area contributed by atoms with Gasteiger partial charge in [0.2, 0.25) is 0 Å². The van der Waals surface area contributed by atoms with Crippen molar-refractivity contribution in [2.45, 2.75) is 0 Å². The van der Waals surface area contributed by atoms with Gasteiger partial charge in [-0.3, -0.25) is 4.79 Å². The number of nitrogens with two attached hydrogens (primary N) is 1. The van der Waals surface area contributed by atoms with Crippen LogP contribution in [0, 0.1) is 0 Å². The Kier molecular flexibility index (Phi) is 22.4. The fourth-order valence-electron chi connectivity index (χ4n) is 0. The molecule has 0 aliphatic heterocycles. The molecule has 0 aromatic carbocycles. The second-order valence-electron chi connectivity index (χ2n) is 0.598. The van der Waals surface area contributed by atoms with Crippen molar-refractivity contribution in [2.24, 2.45) is 5.73 Å². The molecule has 0 heterocycles. The molecule has 0 radical (unpaired) electrons. The summed E-state index contributed by atoms with van der Waals surface area (Å²) in [5.41, 5.74) is 4.57. The average molecular weight is 331 g/mol. The molecule has 3 nitrogen and oxygen atoms in total. The van der Waals surface area contributed by atoms with Crippen LogP contribution in [0.1, 0.15) is 0 Å². The molecular formula is C2H7I2NO2. The third-order valence-corrected chi connectivity index (χ3v) is 0.175. The first kappa shape index (κ1) is 15.7. The molecule has 0 aromatic rings. The van der Waals surface area contributed by atoms with E-state index in [1.165, 1.54) is 0 Å². The Morgan fingerprint density at radius 2 is 1.71 bits per heavy atom. The van der Waals surface area contributed by atoms with Crippen molar-refractivity contribution in [3.8, 4) is 0 Å². The minimum atomic E-state index is -0.968. The van der Waals surface area contributed by atoms with Gasteiger partial charge in [-0.2, -0.15) is 0 Å². The third-order valence-electron chi connectivity index (χ3n) is 0.175. The van der Waals surface area contributed by atoms with Crippen LogP contribution in [0.25, 0.3) is 0 Å². The molecule has 0 atom stereocenters. The zero-order valence-electron chi connectivity index (χ0n) is 3.46. The predicted molar refractivity (Wildman–Crippen MR) is 47.5 cm³/mol. The largest absolute Gasteiger partial charge is 0.480 e. The zero-order valence-corrected chi connectivity index (χ0v) is 8.12. The number of aliphatic carboxylic acids is 1. The molecule has 0 rings (SSSR count). The van der Waals surface area contributed by atoms with E-state index in [-0.39, 0.29) is 54.5 Å². The molecule has 0 aromatic heterocycles. The highest BCUT2D eigenvalue weighted by Crippen LogP contribution is 1.43. The van der Waals surface area contributed by atoms with Crippen molar-refractivity contribution in [3.05, 3.63) is 0 Å². The Labute approximate surface area is 75.7 Å². The Hall–Kier alpha value is 0.890. The van der Waals surface area contributed by atoms with Crippen molar-refractivity contribution in [1.82, 2.24) is 0 Å². The van der Waals surface area contributed by atoms with E-state index in [0.717, 1.165) is 0 Å². The maximum atomic E-state index is 9.24. The van der Waals surface area contributed by atoms with Crippen molar-refractivity contribution in [1.29, 1.82) is 0 Å². The van der Waals surface area contributed by atoms with Crippen LogP contribution in [0.3, 0.4) is 0 Å². The zero-order chi connectivity index (χ0) is 4.28. The molecule has 0 amide bonds. The van der Waals surface area contributed by atoms with Gasteiger partial charge < -0.3 is 10.8 Å². The third kappa shape index (κ3) is 19.7. The SMILES string of the molecule is I.I.NCC(=O)O. The summed E-state index contributed by atoms with van der Waals surface area (Å²) in [7, 11) is 0. The monoisotopic (exact) mass is 331 g/mol. The fourth-order valence-corrected chi connectivity index (χ4v) is 0. The van der Waals surface area contributed by atoms with Gasteiger partial charge in [-0.15, -0.1) is 48.0 Å². The highest BCUT2D eigenvalue weighted by molar-refractivity contribution is 14.0. The Morgan fingerprint density at radius 1 is 1.57 bits per heavy atom. The lowest BCUT2D eigenvalue weighted by molar-refractivity contribution is -0.135. The lowest BCUT2D eigenvalue weighted by Crippen LogP contribution is -2.10. The number of hydrogen-bond donors (Lipinski definition) is 2. The van der Waals surface area contributed by atoms with Crippen LogP contribution in [-0.2, 0) is 4.79 Å². The van der Waals surface area contributed by atoms with Gasteiger partial charge in [-0.05, 0) is 0 Å². The fraction of sp³-hybridized carbons (Fsp3) is 0.500. The van der Waals surface area contributed by atoms with E-state index in [9.17, 15) is 4.79 Å². The molecule has 0 aliphatic carbocycles. The second kappa shape index (κ2) is 10.00. The summed E-state index contributed by atoms with van der Waals surface area (Å²) < 4.78 is 0. The molecule has 0 saturated heterocycles. The molecule has 46 valence electrons. The van der Waals surface area contributed by atoms with E-state index in [4.69, 9.17) is 5.11 Å². The lowest BCUT2D eigenvalue weighted by Gasteiger charge is -1.73. The summed E-state index contributed by atoms with van der Waals surface area (Å²) >= 11 is 0. The summed E-state index contributed by atoms with van der Waals surface area (Å²) in [5.74, 6) is -0.968. The van der Waals surface area contributed by atoms with Gasteiger partial charge in [0.1, 0.15) is 0 Å². The number of carboxylic acids is 1. The quantitative estimate of drug-likeness (QED) is 0.678. The van der Waals surface area contributed by atoms with Gasteiger partial charge in [0.15, 0.2) is 0 Å². The smallest absolute Gasteiger partial charge is 0.317 e. The van der Waals surface area contributed by atoms with Crippen LogP contribution in [-0.4, -0.2) is 17.6 Å². The molecule has 0 spiro atoms. The van der Waals surface area contributed by atoms with E-state index >= 15 is 0 Å². The average Bonchev–Trinajstić information content (AvgIpc) is 1.38. The molecule has 7 heavy (non-hydrogen) atoms. The molecule has 0 aliphatic rings. The van der Waals surface area contributed by atoms with Gasteiger partial charge in [0.25, 0.3) is 0 Å². The molecule has 5 heteroatoms. The van der Waals surface area contributed by atoms with Gasteiger partial charge in [0.05, 0.1) is 6.54 Å². The maximum Gasteiger partial charge on any atom is 0.317 e. The molecule has 0 unspecified atom stereocenters. The first-order valence-electron chi connectivity index (χ1n) is 1.19. The maximum absolute atomic E-state index is 9.24. The predicted octanol–water partition coefficient (Wildman–Crippen LogP) is 0.266. The highest BCUT2D eigenvalue weighted by Gasteiger charge is 1.81. The Morgan fingerprint density at radius 3 is 1.71 bits per heavy atom. The van der Waals surface area contributed by atoms with Crippen molar-refractivity contribution >= 4 is 53.9 Å². The normalized spacial score (nSPS) is 5.29. The van der Waals surface area contributed by atoms with E-state index in [0.29, 0.717) is 0 Å². The van der Waals surface area contributed by atoms with Gasteiger partial charge in [-0.1, -0.05) is 0 Å². The van der Waals surface area contributed by atoms with E-state index in [1.807, 2.05) is 0 Å². The minimum absolute atomic E-state index is 0. The van der Waals surface area contributed by atoms with Crippen molar-refractivity contribution in [2.75, 3.05) is 6.54 Å². The Bertz CT molecular complexity index is 49.0. The summed E-state index contributed by atoms with van der Waals surface area (Å²) in [6.07, 6.45) is 0. The van der Waals surface area contributed by atoms with Gasteiger partial charge in [-0.25, -0.2) is 0 Å². The number of hydrogen-bond acceptors (Lipinski definition) is 2. The Balaban J connectivity index is -0.0000000800. The summed E-state index contributed by atoms with van der Waals surface area (Å²) in [4.78, 5) is 9.24. The topological polar surface area (TPSA) is 63.3 Å². The van der Waals surface area contributed by atoms with Crippen LogP contribution in [0.5, 0.6) is 0 Å². The minimum Gasteiger partial charge on any atom is -0.480 e. The molecular weight excluding hydrogens is 324 g/mol.